The van der Waals surface area contributed by atoms with E-state index in [-0.39, 0.29) is 24.0 Å². The molecule has 2 unspecified atom stereocenters. The summed E-state index contributed by atoms with van der Waals surface area (Å²) >= 11 is 0. The minimum atomic E-state index is -0.813. The van der Waals surface area contributed by atoms with Crippen LogP contribution in [-0.2, 0) is 22.6 Å². The highest BCUT2D eigenvalue weighted by Gasteiger charge is 2.47. The molecule has 0 spiro atoms. The molecule has 0 aliphatic carbocycles. The van der Waals surface area contributed by atoms with Crippen molar-refractivity contribution in [3.05, 3.63) is 94.4 Å². The van der Waals surface area contributed by atoms with Crippen molar-refractivity contribution in [2.75, 3.05) is 0 Å². The van der Waals surface area contributed by atoms with Crippen LogP contribution in [-0.4, -0.2) is 27.8 Å². The van der Waals surface area contributed by atoms with E-state index in [0.717, 1.165) is 23.3 Å². The Kier molecular flexibility index (Phi) is 4.85. The van der Waals surface area contributed by atoms with Crippen LogP contribution in [0.25, 0.3) is 5.76 Å². The predicted octanol–water partition coefficient (Wildman–Crippen LogP) is 4.53. The molecule has 1 N–H and O–H groups in total. The number of ketones is 1. The number of Topliss-reactive ketones (excluding diaryl/α,β-unsaturated/α-hetero) is 1. The second kappa shape index (κ2) is 7.71. The lowest BCUT2D eigenvalue weighted by Crippen LogP contribution is -2.29. The molecular formula is C26H23NO5. The largest absolute Gasteiger partial charge is 0.507 e. The molecule has 6 nitrogen and oxygen atoms in total. The number of amides is 1. The molecule has 162 valence electrons. The van der Waals surface area contributed by atoms with Gasteiger partial charge in [-0.15, -0.1) is 0 Å². The molecule has 2 aromatic carbocycles. The lowest BCUT2D eigenvalue weighted by Gasteiger charge is -2.23. The number of nitrogens with zero attached hydrogens (tertiary/aromatic N) is 1. The molecule has 1 amide bonds. The van der Waals surface area contributed by atoms with Gasteiger partial charge in [0.25, 0.3) is 11.7 Å². The maximum absolute atomic E-state index is 13.1. The molecule has 1 fully saturated rings. The van der Waals surface area contributed by atoms with Crippen molar-refractivity contribution in [2.45, 2.75) is 39.0 Å². The molecule has 1 aromatic heterocycles. The van der Waals surface area contributed by atoms with Crippen LogP contribution < -0.4 is 4.74 Å². The summed E-state index contributed by atoms with van der Waals surface area (Å²) < 4.78 is 11.6. The molecule has 2 aliphatic rings. The molecule has 0 radical (unpaired) electrons. The number of ether oxygens (including phenoxy) is 1. The molecule has 1 saturated heterocycles. The number of hydrogen-bond acceptors (Lipinski definition) is 5. The number of carbonyl (C=O) groups excluding carboxylic acids is 2. The minimum absolute atomic E-state index is 0.0344. The summed E-state index contributed by atoms with van der Waals surface area (Å²) in [6.07, 6.45) is 0.782. The van der Waals surface area contributed by atoms with Gasteiger partial charge in [0.15, 0.2) is 0 Å². The number of fused-ring (bicyclic) bond motifs is 1. The van der Waals surface area contributed by atoms with Gasteiger partial charge in [-0.1, -0.05) is 30.3 Å². The minimum Gasteiger partial charge on any atom is -0.507 e. The number of aliphatic hydroxyl groups is 1. The van der Waals surface area contributed by atoms with Crippen molar-refractivity contribution in [2.24, 2.45) is 0 Å². The Morgan fingerprint density at radius 2 is 1.88 bits per heavy atom. The zero-order valence-corrected chi connectivity index (χ0v) is 17.9. The Labute approximate surface area is 185 Å². The van der Waals surface area contributed by atoms with E-state index in [0.29, 0.717) is 17.1 Å². The van der Waals surface area contributed by atoms with E-state index in [4.69, 9.17) is 9.15 Å². The lowest BCUT2D eigenvalue weighted by molar-refractivity contribution is -0.140. The van der Waals surface area contributed by atoms with Crippen LogP contribution in [0.3, 0.4) is 0 Å². The van der Waals surface area contributed by atoms with Crippen LogP contribution >= 0.6 is 0 Å². The highest BCUT2D eigenvalue weighted by molar-refractivity contribution is 6.46. The standard InChI is InChI=1S/C26H23NO5/c1-15-8-10-21(31-15)23-22(24(28)18-9-11-20-19(13-18)12-16(2)32-20)25(29)26(30)27(23)14-17-6-4-3-5-7-17/h3-11,13,16,23,28H,12,14H2,1-2H3. The Balaban J connectivity index is 1.62. The lowest BCUT2D eigenvalue weighted by atomic mass is 9.97. The smallest absolute Gasteiger partial charge is 0.296 e. The first kappa shape index (κ1) is 20.1. The molecule has 2 aliphatic heterocycles. The summed E-state index contributed by atoms with van der Waals surface area (Å²) in [4.78, 5) is 27.6. The molecule has 3 heterocycles. The highest BCUT2D eigenvalue weighted by atomic mass is 16.5. The second-order valence-electron chi connectivity index (χ2n) is 8.32. The third-order valence-corrected chi connectivity index (χ3v) is 5.94. The summed E-state index contributed by atoms with van der Waals surface area (Å²) in [6, 6.07) is 17.5. The van der Waals surface area contributed by atoms with E-state index in [1.54, 1.807) is 31.2 Å². The van der Waals surface area contributed by atoms with Crippen LogP contribution in [0.15, 0.2) is 70.7 Å². The fourth-order valence-corrected chi connectivity index (χ4v) is 4.44. The van der Waals surface area contributed by atoms with Crippen molar-refractivity contribution < 1.29 is 23.8 Å². The Bertz CT molecular complexity index is 1240. The molecule has 32 heavy (non-hydrogen) atoms. The average molecular weight is 429 g/mol. The Morgan fingerprint density at radius 3 is 2.59 bits per heavy atom. The maximum atomic E-state index is 13.1. The van der Waals surface area contributed by atoms with E-state index in [2.05, 4.69) is 0 Å². The summed E-state index contributed by atoms with van der Waals surface area (Å²) in [5.74, 6) is 0.290. The molecule has 3 aromatic rings. The van der Waals surface area contributed by atoms with Crippen molar-refractivity contribution in [1.29, 1.82) is 0 Å². The number of aryl methyl sites for hydroxylation is 1. The van der Waals surface area contributed by atoms with Gasteiger partial charge in [0, 0.05) is 18.5 Å². The third-order valence-electron chi connectivity index (χ3n) is 5.94. The zero-order valence-electron chi connectivity index (χ0n) is 17.9. The van der Waals surface area contributed by atoms with Gasteiger partial charge in [0.05, 0.1) is 5.57 Å². The third kappa shape index (κ3) is 3.38. The van der Waals surface area contributed by atoms with Gasteiger partial charge in [0.1, 0.15) is 35.2 Å². The van der Waals surface area contributed by atoms with E-state index in [1.165, 1.54) is 4.90 Å². The number of carbonyl (C=O) groups is 2. The SMILES string of the molecule is Cc1ccc(C2C(=C(O)c3ccc4c(c3)CC(C)O4)C(=O)C(=O)N2Cc2ccccc2)o1. The van der Waals surface area contributed by atoms with E-state index < -0.39 is 17.7 Å². The number of aliphatic hydroxyl groups excluding tert-OH is 1. The van der Waals surface area contributed by atoms with E-state index in [9.17, 15) is 14.7 Å². The predicted molar refractivity (Wildman–Crippen MR) is 118 cm³/mol. The highest BCUT2D eigenvalue weighted by Crippen LogP contribution is 2.41. The number of furan rings is 1. The molecule has 0 saturated carbocycles. The van der Waals surface area contributed by atoms with Crippen LogP contribution in [0.4, 0.5) is 0 Å². The monoisotopic (exact) mass is 429 g/mol. The van der Waals surface area contributed by atoms with Crippen LogP contribution in [0.5, 0.6) is 5.75 Å². The quantitative estimate of drug-likeness (QED) is 0.374. The van der Waals surface area contributed by atoms with E-state index in [1.807, 2.05) is 43.3 Å². The number of benzene rings is 2. The molecule has 6 heteroatoms. The van der Waals surface area contributed by atoms with Gasteiger partial charge >= 0.3 is 0 Å². The van der Waals surface area contributed by atoms with Gasteiger partial charge in [-0.3, -0.25) is 9.59 Å². The molecule has 2 atom stereocenters. The summed E-state index contributed by atoms with van der Waals surface area (Å²) in [5, 5.41) is 11.2. The van der Waals surface area contributed by atoms with E-state index >= 15 is 0 Å². The van der Waals surface area contributed by atoms with Gasteiger partial charge < -0.3 is 19.2 Å². The van der Waals surface area contributed by atoms with Crippen molar-refractivity contribution in [3.8, 4) is 5.75 Å². The van der Waals surface area contributed by atoms with Gasteiger partial charge in [-0.25, -0.2) is 0 Å². The molecule has 0 bridgehead atoms. The number of rotatable bonds is 4. The summed E-state index contributed by atoms with van der Waals surface area (Å²) in [7, 11) is 0. The van der Waals surface area contributed by atoms with Crippen molar-refractivity contribution in [1.82, 2.24) is 4.90 Å². The summed E-state index contributed by atoms with van der Waals surface area (Å²) in [5.41, 5.74) is 2.36. The van der Waals surface area contributed by atoms with Crippen LogP contribution in [0, 0.1) is 6.92 Å². The van der Waals surface area contributed by atoms with Crippen molar-refractivity contribution in [3.63, 3.8) is 0 Å². The zero-order chi connectivity index (χ0) is 22.4. The first-order chi connectivity index (χ1) is 15.4. The van der Waals surface area contributed by atoms with Crippen LogP contribution in [0.2, 0.25) is 0 Å². The fraction of sp³-hybridized carbons (Fsp3) is 0.231. The summed E-state index contributed by atoms with van der Waals surface area (Å²) in [6.45, 7) is 4.00. The van der Waals surface area contributed by atoms with Gasteiger partial charge in [-0.05, 0) is 55.3 Å². The average Bonchev–Trinajstić information content (AvgIpc) is 3.44. The molecule has 5 rings (SSSR count). The molecular weight excluding hydrogens is 406 g/mol. The first-order valence-corrected chi connectivity index (χ1v) is 10.6. The fourth-order valence-electron chi connectivity index (χ4n) is 4.44. The topological polar surface area (TPSA) is 80.0 Å². The second-order valence-corrected chi connectivity index (χ2v) is 8.32. The first-order valence-electron chi connectivity index (χ1n) is 10.6. The van der Waals surface area contributed by atoms with Gasteiger partial charge in [0.2, 0.25) is 0 Å². The van der Waals surface area contributed by atoms with Crippen LogP contribution in [0.1, 0.15) is 41.2 Å². The number of hydrogen-bond donors (Lipinski definition) is 1. The maximum Gasteiger partial charge on any atom is 0.296 e. The normalized spacial score (nSPS) is 21.6. The number of likely N-dealkylation sites (tertiary alicyclic amines) is 1. The Hall–Kier alpha value is -3.80. The Morgan fingerprint density at radius 1 is 1.09 bits per heavy atom. The van der Waals surface area contributed by atoms with Crippen molar-refractivity contribution >= 4 is 17.4 Å². The van der Waals surface area contributed by atoms with Gasteiger partial charge in [-0.2, -0.15) is 0 Å².